The van der Waals surface area contributed by atoms with Crippen molar-refractivity contribution in [3.63, 3.8) is 0 Å². The first kappa shape index (κ1) is 20.2. The molecule has 2 aromatic rings. The van der Waals surface area contributed by atoms with Gasteiger partial charge in [-0.25, -0.2) is 0 Å². The second kappa shape index (κ2) is 10.7. The molecule has 150 valence electrons. The fraction of sp³-hybridized carbons (Fsp3) is 0.435. The van der Waals surface area contributed by atoms with Crippen LogP contribution in [0.5, 0.6) is 11.5 Å². The average Bonchev–Trinajstić information content (AvgIpc) is 2.73. The topological polar surface area (TPSA) is 59.6 Å². The molecule has 0 aromatic heterocycles. The van der Waals surface area contributed by atoms with Crippen molar-refractivity contribution >= 4 is 11.6 Å². The normalized spacial score (nSPS) is 14.5. The van der Waals surface area contributed by atoms with Crippen LogP contribution in [0.3, 0.4) is 0 Å². The van der Waals surface area contributed by atoms with Gasteiger partial charge in [0.1, 0.15) is 0 Å². The predicted octanol–water partition coefficient (Wildman–Crippen LogP) is 4.53. The Balaban J connectivity index is 1.55. The zero-order valence-corrected chi connectivity index (χ0v) is 16.6. The molecule has 1 saturated carbocycles. The second-order valence-electron chi connectivity index (χ2n) is 7.13. The Kier molecular flexibility index (Phi) is 7.73. The Hall–Kier alpha value is -2.53. The van der Waals surface area contributed by atoms with Crippen LogP contribution < -0.4 is 20.1 Å². The zero-order valence-electron chi connectivity index (χ0n) is 16.6. The van der Waals surface area contributed by atoms with Crippen molar-refractivity contribution in [2.45, 2.75) is 51.6 Å². The number of carbonyl (C=O) groups is 1. The number of para-hydroxylation sites is 1. The lowest BCUT2D eigenvalue weighted by Gasteiger charge is -2.23. The fourth-order valence-corrected chi connectivity index (χ4v) is 3.48. The Morgan fingerprint density at radius 1 is 1.00 bits per heavy atom. The third-order valence-corrected chi connectivity index (χ3v) is 4.92. The van der Waals surface area contributed by atoms with Crippen molar-refractivity contribution in [3.05, 3.63) is 54.1 Å². The number of carbonyl (C=O) groups excluding carboxylic acids is 1. The molecule has 5 heteroatoms. The summed E-state index contributed by atoms with van der Waals surface area (Å²) in [4.78, 5) is 12.1. The maximum atomic E-state index is 12.1. The van der Waals surface area contributed by atoms with E-state index in [0.29, 0.717) is 24.1 Å². The summed E-state index contributed by atoms with van der Waals surface area (Å²) in [6.45, 7) is 3.25. The number of ether oxygens (including phenoxy) is 2. The number of hydrogen-bond donors (Lipinski definition) is 2. The van der Waals surface area contributed by atoms with E-state index in [4.69, 9.17) is 9.47 Å². The van der Waals surface area contributed by atoms with Crippen LogP contribution in [-0.4, -0.2) is 25.2 Å². The Bertz CT molecular complexity index is 743. The quantitative estimate of drug-likeness (QED) is 0.669. The van der Waals surface area contributed by atoms with E-state index in [9.17, 15) is 4.79 Å². The van der Waals surface area contributed by atoms with Crippen molar-refractivity contribution in [2.75, 3.05) is 18.5 Å². The molecule has 0 atom stereocenters. The highest BCUT2D eigenvalue weighted by atomic mass is 16.5. The molecule has 0 heterocycles. The Morgan fingerprint density at radius 2 is 1.79 bits per heavy atom. The molecule has 0 saturated heterocycles. The van der Waals surface area contributed by atoms with Crippen molar-refractivity contribution in [1.29, 1.82) is 0 Å². The van der Waals surface area contributed by atoms with Gasteiger partial charge in [0.05, 0.1) is 6.61 Å². The van der Waals surface area contributed by atoms with Gasteiger partial charge in [-0.2, -0.15) is 0 Å². The molecule has 0 aliphatic heterocycles. The van der Waals surface area contributed by atoms with E-state index < -0.39 is 0 Å². The van der Waals surface area contributed by atoms with Crippen molar-refractivity contribution in [3.8, 4) is 11.5 Å². The molecule has 1 amide bonds. The third kappa shape index (κ3) is 6.27. The van der Waals surface area contributed by atoms with E-state index in [2.05, 4.69) is 10.6 Å². The summed E-state index contributed by atoms with van der Waals surface area (Å²) in [6.07, 6.45) is 6.52. The van der Waals surface area contributed by atoms with Gasteiger partial charge in [0, 0.05) is 18.3 Å². The molecule has 5 nitrogen and oxygen atoms in total. The van der Waals surface area contributed by atoms with Crippen LogP contribution in [0.25, 0.3) is 0 Å². The standard InChI is InChI=1S/C23H30N2O3/c1-2-27-22-15-18(16-24-19-9-5-3-6-10-19)13-14-21(22)28-17-23(26)25-20-11-7-4-8-12-20/h4,7-8,11-15,19,24H,2-3,5-6,9-10,16-17H2,1H3,(H,25,26). The molecule has 2 N–H and O–H groups in total. The fourth-order valence-electron chi connectivity index (χ4n) is 3.48. The van der Waals surface area contributed by atoms with Crippen molar-refractivity contribution in [2.24, 2.45) is 0 Å². The van der Waals surface area contributed by atoms with Crippen LogP contribution in [0.15, 0.2) is 48.5 Å². The molecule has 1 aliphatic carbocycles. The monoisotopic (exact) mass is 382 g/mol. The summed E-state index contributed by atoms with van der Waals surface area (Å²) < 4.78 is 11.5. The van der Waals surface area contributed by atoms with Gasteiger partial charge in [-0.3, -0.25) is 4.79 Å². The highest BCUT2D eigenvalue weighted by Gasteiger charge is 2.14. The van der Waals surface area contributed by atoms with Crippen LogP contribution in [0.1, 0.15) is 44.6 Å². The Morgan fingerprint density at radius 3 is 2.54 bits per heavy atom. The molecule has 1 fully saturated rings. The summed E-state index contributed by atoms with van der Waals surface area (Å²) in [6, 6.07) is 15.9. The first-order chi connectivity index (χ1) is 13.7. The average molecular weight is 383 g/mol. The summed E-state index contributed by atoms with van der Waals surface area (Å²) in [7, 11) is 0. The lowest BCUT2D eigenvalue weighted by molar-refractivity contribution is -0.118. The Labute approximate surface area is 167 Å². The van der Waals surface area contributed by atoms with E-state index in [1.807, 2.05) is 55.5 Å². The summed E-state index contributed by atoms with van der Waals surface area (Å²) in [5.74, 6) is 1.07. The third-order valence-electron chi connectivity index (χ3n) is 4.92. The maximum Gasteiger partial charge on any atom is 0.262 e. The van der Waals surface area contributed by atoms with Crippen molar-refractivity contribution in [1.82, 2.24) is 5.32 Å². The molecule has 1 aliphatic rings. The predicted molar refractivity (Wildman–Crippen MR) is 112 cm³/mol. The minimum Gasteiger partial charge on any atom is -0.490 e. The molecule has 0 unspecified atom stereocenters. The number of anilines is 1. The number of amides is 1. The molecule has 0 spiro atoms. The molecular formula is C23H30N2O3. The van der Waals surface area contributed by atoms with E-state index in [-0.39, 0.29) is 12.5 Å². The number of benzene rings is 2. The lowest BCUT2D eigenvalue weighted by atomic mass is 9.95. The molecular weight excluding hydrogens is 352 g/mol. The highest BCUT2D eigenvalue weighted by molar-refractivity contribution is 5.91. The van der Waals surface area contributed by atoms with Gasteiger partial charge >= 0.3 is 0 Å². The number of hydrogen-bond acceptors (Lipinski definition) is 4. The van der Waals surface area contributed by atoms with Crippen LogP contribution in [0.2, 0.25) is 0 Å². The van der Waals surface area contributed by atoms with Gasteiger partial charge in [-0.05, 0) is 49.6 Å². The first-order valence-corrected chi connectivity index (χ1v) is 10.2. The highest BCUT2D eigenvalue weighted by Crippen LogP contribution is 2.29. The van der Waals surface area contributed by atoms with Gasteiger partial charge < -0.3 is 20.1 Å². The maximum absolute atomic E-state index is 12.1. The zero-order chi connectivity index (χ0) is 19.6. The first-order valence-electron chi connectivity index (χ1n) is 10.2. The smallest absolute Gasteiger partial charge is 0.262 e. The van der Waals surface area contributed by atoms with Gasteiger partial charge in [0.15, 0.2) is 18.1 Å². The number of rotatable bonds is 9. The largest absolute Gasteiger partial charge is 0.490 e. The van der Waals surface area contributed by atoms with Gasteiger partial charge in [-0.1, -0.05) is 43.5 Å². The van der Waals surface area contributed by atoms with E-state index in [0.717, 1.165) is 17.8 Å². The van der Waals surface area contributed by atoms with Crippen molar-refractivity contribution < 1.29 is 14.3 Å². The van der Waals surface area contributed by atoms with E-state index >= 15 is 0 Å². The lowest BCUT2D eigenvalue weighted by Crippen LogP contribution is -2.30. The van der Waals surface area contributed by atoms with E-state index in [1.54, 1.807) is 0 Å². The van der Waals surface area contributed by atoms with Crippen LogP contribution in [-0.2, 0) is 11.3 Å². The summed E-state index contributed by atoms with van der Waals surface area (Å²) in [5.41, 5.74) is 1.92. The minimum absolute atomic E-state index is 0.0609. The van der Waals surface area contributed by atoms with Crippen LogP contribution >= 0.6 is 0 Å². The van der Waals surface area contributed by atoms with Gasteiger partial charge in [-0.15, -0.1) is 0 Å². The van der Waals surface area contributed by atoms with Gasteiger partial charge in [0.25, 0.3) is 5.91 Å². The SMILES string of the molecule is CCOc1cc(CNC2CCCCC2)ccc1OCC(=O)Nc1ccccc1. The summed E-state index contributed by atoms with van der Waals surface area (Å²) >= 11 is 0. The number of nitrogens with one attached hydrogen (secondary N) is 2. The molecule has 0 bridgehead atoms. The van der Waals surface area contributed by atoms with E-state index in [1.165, 1.54) is 32.1 Å². The second-order valence-corrected chi connectivity index (χ2v) is 7.13. The molecule has 3 rings (SSSR count). The minimum atomic E-state index is -0.198. The van der Waals surface area contributed by atoms with Gasteiger partial charge in [0.2, 0.25) is 0 Å². The molecule has 2 aromatic carbocycles. The van der Waals surface area contributed by atoms with Crippen LogP contribution in [0.4, 0.5) is 5.69 Å². The van der Waals surface area contributed by atoms with Crippen LogP contribution in [0, 0.1) is 0 Å². The molecule has 0 radical (unpaired) electrons. The summed E-state index contributed by atoms with van der Waals surface area (Å²) in [5, 5.41) is 6.46. The molecule has 28 heavy (non-hydrogen) atoms.